The summed E-state index contributed by atoms with van der Waals surface area (Å²) >= 11 is 0. The van der Waals surface area contributed by atoms with Crippen molar-refractivity contribution in [1.82, 2.24) is 9.97 Å². The lowest BCUT2D eigenvalue weighted by molar-refractivity contribution is -0.116. The van der Waals surface area contributed by atoms with Gasteiger partial charge in [-0.15, -0.1) is 0 Å². The lowest BCUT2D eigenvalue weighted by Gasteiger charge is -2.05. The van der Waals surface area contributed by atoms with Gasteiger partial charge in [0.2, 0.25) is 0 Å². The third kappa shape index (κ3) is 2.91. The van der Waals surface area contributed by atoms with Crippen LogP contribution in [0.5, 0.6) is 5.75 Å². The van der Waals surface area contributed by atoms with E-state index in [9.17, 15) is 4.79 Å². The van der Waals surface area contributed by atoms with Crippen LogP contribution in [-0.2, 0) is 11.2 Å². The quantitative estimate of drug-likeness (QED) is 0.825. The van der Waals surface area contributed by atoms with Crippen molar-refractivity contribution in [2.75, 3.05) is 7.11 Å². The molecule has 0 aliphatic heterocycles. The molecule has 0 unspecified atom stereocenters. The second-order valence-corrected chi connectivity index (χ2v) is 3.97. The van der Waals surface area contributed by atoms with Gasteiger partial charge in [-0.1, -0.05) is 12.1 Å². The van der Waals surface area contributed by atoms with Crippen molar-refractivity contribution >= 4 is 5.78 Å². The molecule has 0 saturated heterocycles. The number of ether oxygens (including phenoxy) is 1. The maximum atomic E-state index is 11.1. The van der Waals surface area contributed by atoms with Crippen LogP contribution in [0.4, 0.5) is 0 Å². The molecule has 92 valence electrons. The van der Waals surface area contributed by atoms with Gasteiger partial charge in [0.05, 0.1) is 19.2 Å². The summed E-state index contributed by atoms with van der Waals surface area (Å²) in [5.41, 5.74) is 1.74. The van der Waals surface area contributed by atoms with Crippen molar-refractivity contribution in [3.05, 3.63) is 42.4 Å². The molecule has 0 spiro atoms. The van der Waals surface area contributed by atoms with Crippen LogP contribution in [0.15, 0.2) is 36.5 Å². The van der Waals surface area contributed by atoms with Crippen LogP contribution in [0.25, 0.3) is 11.3 Å². The van der Waals surface area contributed by atoms with Crippen molar-refractivity contribution in [2.45, 2.75) is 13.3 Å². The van der Waals surface area contributed by atoms with Gasteiger partial charge in [-0.2, -0.15) is 0 Å². The van der Waals surface area contributed by atoms with Gasteiger partial charge >= 0.3 is 0 Å². The molecule has 2 rings (SSSR count). The Bertz CT molecular complexity index is 567. The average Bonchev–Trinajstić information content (AvgIpc) is 2.38. The molecule has 0 bridgehead atoms. The van der Waals surface area contributed by atoms with E-state index in [1.807, 2.05) is 30.3 Å². The molecule has 0 fully saturated rings. The lowest BCUT2D eigenvalue weighted by Crippen LogP contribution is -2.02. The van der Waals surface area contributed by atoms with Gasteiger partial charge in [0.25, 0.3) is 0 Å². The van der Waals surface area contributed by atoms with Crippen molar-refractivity contribution in [3.63, 3.8) is 0 Å². The second kappa shape index (κ2) is 5.40. The Morgan fingerprint density at radius 1 is 1.33 bits per heavy atom. The number of ketones is 1. The molecule has 0 N–H and O–H groups in total. The van der Waals surface area contributed by atoms with E-state index in [1.54, 1.807) is 13.3 Å². The number of carbonyl (C=O) groups is 1. The van der Waals surface area contributed by atoms with E-state index in [4.69, 9.17) is 4.74 Å². The zero-order chi connectivity index (χ0) is 13.0. The third-order valence-corrected chi connectivity index (χ3v) is 2.48. The predicted octanol–water partition coefficient (Wildman–Crippen LogP) is 2.28. The average molecular weight is 242 g/mol. The van der Waals surface area contributed by atoms with E-state index in [2.05, 4.69) is 9.97 Å². The minimum Gasteiger partial charge on any atom is -0.497 e. The Morgan fingerprint density at radius 3 is 2.89 bits per heavy atom. The summed E-state index contributed by atoms with van der Waals surface area (Å²) in [5, 5.41) is 0. The summed E-state index contributed by atoms with van der Waals surface area (Å²) in [4.78, 5) is 19.5. The number of methoxy groups -OCH3 is 1. The maximum absolute atomic E-state index is 11.1. The third-order valence-electron chi connectivity index (χ3n) is 2.48. The van der Waals surface area contributed by atoms with Crippen LogP contribution in [-0.4, -0.2) is 22.9 Å². The summed E-state index contributed by atoms with van der Waals surface area (Å²) in [6.07, 6.45) is 1.93. The zero-order valence-corrected chi connectivity index (χ0v) is 10.4. The molecule has 1 aromatic heterocycles. The summed E-state index contributed by atoms with van der Waals surface area (Å²) in [5.74, 6) is 1.37. The molecule has 4 nitrogen and oxygen atoms in total. The van der Waals surface area contributed by atoms with Crippen LogP contribution < -0.4 is 4.74 Å². The second-order valence-electron chi connectivity index (χ2n) is 3.97. The fourth-order valence-corrected chi connectivity index (χ4v) is 1.65. The highest BCUT2D eigenvalue weighted by Crippen LogP contribution is 2.21. The van der Waals surface area contributed by atoms with Gasteiger partial charge in [-0.05, 0) is 25.1 Å². The first-order valence-electron chi connectivity index (χ1n) is 5.65. The van der Waals surface area contributed by atoms with E-state index in [0.717, 1.165) is 17.0 Å². The first-order chi connectivity index (χ1) is 8.69. The van der Waals surface area contributed by atoms with Gasteiger partial charge in [0.15, 0.2) is 0 Å². The molecule has 0 saturated carbocycles. The first kappa shape index (κ1) is 12.2. The van der Waals surface area contributed by atoms with Crippen LogP contribution in [0, 0.1) is 0 Å². The number of benzene rings is 1. The number of nitrogens with zero attached hydrogens (tertiary/aromatic N) is 2. The highest BCUT2D eigenvalue weighted by molar-refractivity contribution is 5.77. The highest BCUT2D eigenvalue weighted by atomic mass is 16.5. The Morgan fingerprint density at radius 2 is 2.17 bits per heavy atom. The summed E-state index contributed by atoms with van der Waals surface area (Å²) in [6, 6.07) is 9.45. The normalized spacial score (nSPS) is 10.1. The minimum atomic E-state index is 0.0535. The minimum absolute atomic E-state index is 0.0535. The van der Waals surface area contributed by atoms with Gasteiger partial charge in [0, 0.05) is 11.8 Å². The molecule has 4 heteroatoms. The fraction of sp³-hybridized carbons (Fsp3) is 0.214. The number of hydrogen-bond donors (Lipinski definition) is 0. The van der Waals surface area contributed by atoms with Gasteiger partial charge < -0.3 is 4.74 Å². The van der Waals surface area contributed by atoms with Crippen molar-refractivity contribution < 1.29 is 9.53 Å². The molecular formula is C14H14N2O2. The van der Waals surface area contributed by atoms with Crippen molar-refractivity contribution in [2.24, 2.45) is 0 Å². The molecular weight excluding hydrogens is 228 g/mol. The van der Waals surface area contributed by atoms with Gasteiger partial charge in [-0.3, -0.25) is 4.79 Å². The molecule has 0 amide bonds. The van der Waals surface area contributed by atoms with Crippen LogP contribution in [0.2, 0.25) is 0 Å². The Kier molecular flexibility index (Phi) is 3.67. The lowest BCUT2D eigenvalue weighted by atomic mass is 10.1. The molecule has 0 aliphatic rings. The largest absolute Gasteiger partial charge is 0.497 e. The number of rotatable bonds is 4. The van der Waals surface area contributed by atoms with E-state index < -0.39 is 0 Å². The predicted molar refractivity (Wildman–Crippen MR) is 68.4 cm³/mol. The smallest absolute Gasteiger partial charge is 0.137 e. The van der Waals surface area contributed by atoms with E-state index in [1.165, 1.54) is 6.92 Å². The Hall–Kier alpha value is -2.23. The molecule has 2 aromatic rings. The summed E-state index contributed by atoms with van der Waals surface area (Å²) < 4.78 is 5.17. The van der Waals surface area contributed by atoms with E-state index >= 15 is 0 Å². The number of Topliss-reactive ketones (excluding diaryl/α,β-unsaturated/α-hetero) is 1. The number of aromatic nitrogens is 2. The van der Waals surface area contributed by atoms with Crippen LogP contribution >= 0.6 is 0 Å². The van der Waals surface area contributed by atoms with Crippen molar-refractivity contribution in [3.8, 4) is 17.0 Å². The van der Waals surface area contributed by atoms with Crippen LogP contribution in [0.3, 0.4) is 0 Å². The molecule has 1 heterocycles. The first-order valence-corrected chi connectivity index (χ1v) is 5.65. The highest BCUT2D eigenvalue weighted by Gasteiger charge is 2.05. The molecule has 0 atom stereocenters. The van der Waals surface area contributed by atoms with E-state index in [0.29, 0.717) is 5.82 Å². The maximum Gasteiger partial charge on any atom is 0.137 e. The molecule has 0 aliphatic carbocycles. The Labute approximate surface area is 106 Å². The molecule has 18 heavy (non-hydrogen) atoms. The topological polar surface area (TPSA) is 52.1 Å². The van der Waals surface area contributed by atoms with Crippen LogP contribution in [0.1, 0.15) is 12.7 Å². The molecule has 1 aromatic carbocycles. The fourth-order valence-electron chi connectivity index (χ4n) is 1.65. The van der Waals surface area contributed by atoms with Gasteiger partial charge in [-0.25, -0.2) is 9.97 Å². The summed E-state index contributed by atoms with van der Waals surface area (Å²) in [6.45, 7) is 1.53. The number of hydrogen-bond acceptors (Lipinski definition) is 4. The Balaban J connectivity index is 2.34. The SMILES string of the molecule is COc1cccc(-c2ccnc(CC(C)=O)n2)c1. The number of carbonyl (C=O) groups excluding carboxylic acids is 1. The standard InChI is InChI=1S/C14H14N2O2/c1-10(17)8-14-15-7-6-13(16-14)11-4-3-5-12(9-11)18-2/h3-7,9H,8H2,1-2H3. The van der Waals surface area contributed by atoms with Gasteiger partial charge in [0.1, 0.15) is 17.4 Å². The van der Waals surface area contributed by atoms with Crippen molar-refractivity contribution in [1.29, 1.82) is 0 Å². The monoisotopic (exact) mass is 242 g/mol. The van der Waals surface area contributed by atoms with E-state index in [-0.39, 0.29) is 12.2 Å². The molecule has 0 radical (unpaired) electrons. The zero-order valence-electron chi connectivity index (χ0n) is 10.4. The summed E-state index contributed by atoms with van der Waals surface area (Å²) in [7, 11) is 1.63.